The lowest BCUT2D eigenvalue weighted by atomic mass is 10.2. The Bertz CT molecular complexity index is 164. The van der Waals surface area contributed by atoms with Crippen molar-refractivity contribution in [3.05, 3.63) is 0 Å². The maximum atomic E-state index is 8.43. The Labute approximate surface area is 73.9 Å². The number of nitriles is 1. The van der Waals surface area contributed by atoms with Gasteiger partial charge in [-0.3, -0.25) is 4.90 Å². The molecule has 0 aromatic rings. The van der Waals surface area contributed by atoms with Gasteiger partial charge in [0.2, 0.25) is 0 Å². The van der Waals surface area contributed by atoms with Gasteiger partial charge in [-0.15, -0.1) is 0 Å². The summed E-state index contributed by atoms with van der Waals surface area (Å²) in [5.74, 6) is 0. The van der Waals surface area contributed by atoms with Crippen LogP contribution in [0.3, 0.4) is 0 Å². The standard InChI is InChI=1S/C9H16N2O/c1-12-8-9-4-2-6-11(9)7-3-5-10/h9H,2-4,6-8H2,1H3. The van der Waals surface area contributed by atoms with E-state index < -0.39 is 0 Å². The zero-order chi connectivity index (χ0) is 8.81. The van der Waals surface area contributed by atoms with Gasteiger partial charge in [-0.25, -0.2) is 0 Å². The second-order valence-corrected chi connectivity index (χ2v) is 3.20. The molecule has 0 spiro atoms. The third kappa shape index (κ3) is 2.47. The molecule has 0 bridgehead atoms. The molecule has 1 saturated heterocycles. The summed E-state index contributed by atoms with van der Waals surface area (Å²) < 4.78 is 5.11. The highest BCUT2D eigenvalue weighted by Crippen LogP contribution is 2.16. The summed E-state index contributed by atoms with van der Waals surface area (Å²) >= 11 is 0. The first-order chi connectivity index (χ1) is 5.88. The summed E-state index contributed by atoms with van der Waals surface area (Å²) in [6.45, 7) is 2.85. The van der Waals surface area contributed by atoms with E-state index in [9.17, 15) is 0 Å². The lowest BCUT2D eigenvalue weighted by Crippen LogP contribution is -2.33. The predicted molar refractivity (Wildman–Crippen MR) is 46.7 cm³/mol. The fourth-order valence-electron chi connectivity index (χ4n) is 1.76. The minimum atomic E-state index is 0.559. The maximum Gasteiger partial charge on any atom is 0.0635 e. The van der Waals surface area contributed by atoms with Crippen molar-refractivity contribution in [2.45, 2.75) is 25.3 Å². The summed E-state index contributed by atoms with van der Waals surface area (Å²) in [4.78, 5) is 2.35. The topological polar surface area (TPSA) is 36.3 Å². The maximum absolute atomic E-state index is 8.43. The van der Waals surface area contributed by atoms with Gasteiger partial charge in [-0.2, -0.15) is 5.26 Å². The minimum Gasteiger partial charge on any atom is -0.383 e. The molecule has 1 aliphatic heterocycles. The number of likely N-dealkylation sites (tertiary alicyclic amines) is 1. The van der Waals surface area contributed by atoms with Crippen LogP contribution in [0.1, 0.15) is 19.3 Å². The van der Waals surface area contributed by atoms with Crippen LogP contribution < -0.4 is 0 Å². The van der Waals surface area contributed by atoms with Crippen LogP contribution in [0.15, 0.2) is 0 Å². The van der Waals surface area contributed by atoms with Gasteiger partial charge in [-0.05, 0) is 19.4 Å². The van der Waals surface area contributed by atoms with Gasteiger partial charge in [0.1, 0.15) is 0 Å². The van der Waals surface area contributed by atoms with Crippen LogP contribution in [-0.2, 0) is 4.74 Å². The van der Waals surface area contributed by atoms with Gasteiger partial charge < -0.3 is 4.74 Å². The molecular formula is C9H16N2O. The lowest BCUT2D eigenvalue weighted by molar-refractivity contribution is 0.117. The van der Waals surface area contributed by atoms with Crippen molar-refractivity contribution in [1.82, 2.24) is 4.90 Å². The lowest BCUT2D eigenvalue weighted by Gasteiger charge is -2.22. The molecule has 0 aromatic carbocycles. The summed E-state index contributed by atoms with van der Waals surface area (Å²) in [5, 5.41) is 8.43. The Kier molecular flexibility index (Phi) is 4.06. The van der Waals surface area contributed by atoms with Crippen LogP contribution in [-0.4, -0.2) is 37.7 Å². The quantitative estimate of drug-likeness (QED) is 0.628. The summed E-state index contributed by atoms with van der Waals surface area (Å²) in [6.07, 6.45) is 3.11. The molecule has 3 heteroatoms. The predicted octanol–water partition coefficient (Wildman–Crippen LogP) is 1.01. The highest BCUT2D eigenvalue weighted by atomic mass is 16.5. The second kappa shape index (κ2) is 5.13. The normalized spacial score (nSPS) is 24.2. The summed E-state index contributed by atoms with van der Waals surface area (Å²) in [6, 6.07) is 2.73. The highest BCUT2D eigenvalue weighted by Gasteiger charge is 2.23. The zero-order valence-corrected chi connectivity index (χ0v) is 7.62. The first kappa shape index (κ1) is 9.50. The number of ether oxygens (including phenoxy) is 1. The average molecular weight is 168 g/mol. The van der Waals surface area contributed by atoms with E-state index in [2.05, 4.69) is 11.0 Å². The van der Waals surface area contributed by atoms with Crippen molar-refractivity contribution in [3.8, 4) is 6.07 Å². The molecule has 0 N–H and O–H groups in total. The highest BCUT2D eigenvalue weighted by molar-refractivity contribution is 4.81. The van der Waals surface area contributed by atoms with E-state index in [1.54, 1.807) is 7.11 Å². The number of nitrogens with zero attached hydrogens (tertiary/aromatic N) is 2. The van der Waals surface area contributed by atoms with Crippen LogP contribution in [0.5, 0.6) is 0 Å². The fourth-order valence-corrected chi connectivity index (χ4v) is 1.76. The molecule has 0 saturated carbocycles. The van der Waals surface area contributed by atoms with Crippen LogP contribution in [0.2, 0.25) is 0 Å². The Balaban J connectivity index is 2.26. The molecule has 0 amide bonds. The molecule has 12 heavy (non-hydrogen) atoms. The molecule has 3 nitrogen and oxygen atoms in total. The molecular weight excluding hydrogens is 152 g/mol. The molecule has 0 aromatic heterocycles. The van der Waals surface area contributed by atoms with Gasteiger partial charge in [0.05, 0.1) is 12.7 Å². The second-order valence-electron chi connectivity index (χ2n) is 3.20. The van der Waals surface area contributed by atoms with Crippen LogP contribution in [0.4, 0.5) is 0 Å². The first-order valence-electron chi connectivity index (χ1n) is 4.48. The van der Waals surface area contributed by atoms with Crippen LogP contribution in [0.25, 0.3) is 0 Å². The number of rotatable bonds is 4. The van der Waals surface area contributed by atoms with E-state index in [1.807, 2.05) is 0 Å². The Morgan fingerprint density at radius 3 is 3.17 bits per heavy atom. The monoisotopic (exact) mass is 168 g/mol. The Hall–Kier alpha value is -0.590. The van der Waals surface area contributed by atoms with E-state index in [0.29, 0.717) is 12.5 Å². The zero-order valence-electron chi connectivity index (χ0n) is 7.62. The van der Waals surface area contributed by atoms with Gasteiger partial charge >= 0.3 is 0 Å². The molecule has 1 atom stereocenters. The van der Waals surface area contributed by atoms with E-state index in [0.717, 1.165) is 19.7 Å². The van der Waals surface area contributed by atoms with Crippen molar-refractivity contribution in [1.29, 1.82) is 5.26 Å². The number of methoxy groups -OCH3 is 1. The van der Waals surface area contributed by atoms with Gasteiger partial charge in [0, 0.05) is 26.1 Å². The Morgan fingerprint density at radius 1 is 1.67 bits per heavy atom. The Morgan fingerprint density at radius 2 is 2.50 bits per heavy atom. The third-order valence-electron chi connectivity index (χ3n) is 2.37. The van der Waals surface area contributed by atoms with E-state index >= 15 is 0 Å². The molecule has 1 rings (SSSR count). The van der Waals surface area contributed by atoms with E-state index in [-0.39, 0.29) is 0 Å². The van der Waals surface area contributed by atoms with Crippen molar-refractivity contribution >= 4 is 0 Å². The number of hydrogen-bond acceptors (Lipinski definition) is 3. The average Bonchev–Trinajstić information content (AvgIpc) is 2.50. The minimum absolute atomic E-state index is 0.559. The van der Waals surface area contributed by atoms with Gasteiger partial charge in [-0.1, -0.05) is 0 Å². The largest absolute Gasteiger partial charge is 0.383 e. The molecule has 0 aliphatic carbocycles. The SMILES string of the molecule is COCC1CCCN1CCC#N. The molecule has 0 radical (unpaired) electrons. The molecule has 1 unspecified atom stereocenters. The van der Waals surface area contributed by atoms with Gasteiger partial charge in [0.25, 0.3) is 0 Å². The van der Waals surface area contributed by atoms with Crippen molar-refractivity contribution in [2.24, 2.45) is 0 Å². The third-order valence-corrected chi connectivity index (χ3v) is 2.37. The van der Waals surface area contributed by atoms with Crippen molar-refractivity contribution in [2.75, 3.05) is 26.8 Å². The van der Waals surface area contributed by atoms with Crippen LogP contribution in [0, 0.1) is 11.3 Å². The van der Waals surface area contributed by atoms with E-state index in [4.69, 9.17) is 10.00 Å². The van der Waals surface area contributed by atoms with E-state index in [1.165, 1.54) is 12.8 Å². The van der Waals surface area contributed by atoms with Crippen LogP contribution >= 0.6 is 0 Å². The summed E-state index contributed by atoms with van der Waals surface area (Å²) in [5.41, 5.74) is 0. The molecule has 1 heterocycles. The number of hydrogen-bond donors (Lipinski definition) is 0. The molecule has 68 valence electrons. The summed E-state index contributed by atoms with van der Waals surface area (Å²) in [7, 11) is 1.74. The van der Waals surface area contributed by atoms with Gasteiger partial charge in [0.15, 0.2) is 0 Å². The molecule has 1 fully saturated rings. The van der Waals surface area contributed by atoms with Crippen molar-refractivity contribution in [3.63, 3.8) is 0 Å². The fraction of sp³-hybridized carbons (Fsp3) is 0.889. The first-order valence-corrected chi connectivity index (χ1v) is 4.48. The smallest absolute Gasteiger partial charge is 0.0635 e. The molecule has 1 aliphatic rings. The van der Waals surface area contributed by atoms with Crippen molar-refractivity contribution < 1.29 is 4.74 Å².